The lowest BCUT2D eigenvalue weighted by Crippen LogP contribution is -2.38. The van der Waals surface area contributed by atoms with Crippen molar-refractivity contribution >= 4 is 17.2 Å². The van der Waals surface area contributed by atoms with E-state index in [1.807, 2.05) is 0 Å². The third-order valence-corrected chi connectivity index (χ3v) is 6.00. The highest BCUT2D eigenvalue weighted by Crippen LogP contribution is 2.28. The van der Waals surface area contributed by atoms with Crippen LogP contribution in [0.1, 0.15) is 52.2 Å². The van der Waals surface area contributed by atoms with Crippen LogP contribution in [0.5, 0.6) is 0 Å². The Balaban J connectivity index is 1.43. The average molecular weight is 337 g/mol. The number of carbonyl (C=O) groups is 1. The summed E-state index contributed by atoms with van der Waals surface area (Å²) < 4.78 is 5.35. The molecule has 128 valence electrons. The van der Waals surface area contributed by atoms with Gasteiger partial charge >= 0.3 is 0 Å². The maximum atomic E-state index is 12.4. The van der Waals surface area contributed by atoms with E-state index in [2.05, 4.69) is 16.3 Å². The van der Waals surface area contributed by atoms with E-state index in [4.69, 9.17) is 4.74 Å². The number of ether oxygens (including phenoxy) is 1. The number of hydrogen-bond acceptors (Lipinski definition) is 4. The molecule has 3 rings (SSSR count). The molecule has 0 atom stereocenters. The summed E-state index contributed by atoms with van der Waals surface area (Å²) in [6, 6.07) is 2.14. The van der Waals surface area contributed by atoms with E-state index in [9.17, 15) is 4.79 Å². The fourth-order valence-corrected chi connectivity index (χ4v) is 4.54. The Kier molecular flexibility index (Phi) is 6.48. The summed E-state index contributed by atoms with van der Waals surface area (Å²) >= 11 is 1.71. The normalized spacial score (nSPS) is 19.7. The molecule has 1 aliphatic carbocycles. The number of hydrogen-bond donors (Lipinski definition) is 1. The molecule has 0 aromatic carbocycles. The predicted molar refractivity (Wildman–Crippen MR) is 94.4 cm³/mol. The van der Waals surface area contributed by atoms with Gasteiger partial charge in [0.25, 0.3) is 5.91 Å². The van der Waals surface area contributed by atoms with E-state index in [1.165, 1.54) is 36.1 Å². The zero-order chi connectivity index (χ0) is 15.9. The Bertz CT molecular complexity index is 484. The largest absolute Gasteiger partial charge is 0.379 e. The van der Waals surface area contributed by atoms with Crippen molar-refractivity contribution in [2.24, 2.45) is 0 Å². The fraction of sp³-hybridized carbons (Fsp3) is 0.722. The van der Waals surface area contributed by atoms with Crippen LogP contribution >= 0.6 is 11.3 Å². The Morgan fingerprint density at radius 3 is 2.78 bits per heavy atom. The van der Waals surface area contributed by atoms with Crippen molar-refractivity contribution in [2.45, 2.75) is 44.9 Å². The number of thiophene rings is 1. The van der Waals surface area contributed by atoms with Crippen LogP contribution in [0.3, 0.4) is 0 Å². The monoisotopic (exact) mass is 336 g/mol. The van der Waals surface area contributed by atoms with Crippen molar-refractivity contribution in [3.8, 4) is 0 Å². The molecule has 1 fully saturated rings. The molecule has 1 N–H and O–H groups in total. The lowest BCUT2D eigenvalue weighted by Gasteiger charge is -2.26. The van der Waals surface area contributed by atoms with Gasteiger partial charge in [0, 0.05) is 24.5 Å². The molecule has 0 saturated carbocycles. The summed E-state index contributed by atoms with van der Waals surface area (Å²) in [6.45, 7) is 5.53. The summed E-state index contributed by atoms with van der Waals surface area (Å²) in [7, 11) is 0. The minimum absolute atomic E-state index is 0.115. The standard InChI is InChI=1S/C18H28N2O2S/c21-18(19-8-5-9-20-10-12-22-13-11-20)17-14-15-6-3-1-2-4-7-16(15)23-17/h14H,1-13H2,(H,19,21). The summed E-state index contributed by atoms with van der Waals surface area (Å²) in [5.74, 6) is 0.115. The van der Waals surface area contributed by atoms with Gasteiger partial charge < -0.3 is 10.1 Å². The second-order valence-electron chi connectivity index (χ2n) is 6.54. The van der Waals surface area contributed by atoms with Crippen LogP contribution in [0, 0.1) is 0 Å². The SMILES string of the molecule is O=C(NCCCN1CCOCC1)c1cc2c(s1)CCCCCC2. The number of nitrogens with one attached hydrogen (secondary N) is 1. The first-order valence-electron chi connectivity index (χ1n) is 9.03. The predicted octanol–water partition coefficient (Wildman–Crippen LogP) is 2.86. The maximum Gasteiger partial charge on any atom is 0.261 e. The molecular formula is C18H28N2O2S. The number of rotatable bonds is 5. The van der Waals surface area contributed by atoms with Crippen LogP contribution in [0.2, 0.25) is 0 Å². The second kappa shape index (κ2) is 8.81. The molecule has 0 unspecified atom stereocenters. The summed E-state index contributed by atoms with van der Waals surface area (Å²) in [5.41, 5.74) is 1.42. The fourth-order valence-electron chi connectivity index (χ4n) is 3.37. The molecule has 0 spiro atoms. The molecule has 23 heavy (non-hydrogen) atoms. The topological polar surface area (TPSA) is 41.6 Å². The van der Waals surface area contributed by atoms with Gasteiger partial charge in [0.05, 0.1) is 18.1 Å². The molecule has 1 aromatic heterocycles. The van der Waals surface area contributed by atoms with Crippen molar-refractivity contribution in [1.82, 2.24) is 10.2 Å². The Labute approximate surface area is 143 Å². The maximum absolute atomic E-state index is 12.4. The highest BCUT2D eigenvalue weighted by molar-refractivity contribution is 7.14. The third-order valence-electron chi connectivity index (χ3n) is 4.76. The third kappa shape index (κ3) is 5.03. The summed E-state index contributed by atoms with van der Waals surface area (Å²) in [5, 5.41) is 3.09. The summed E-state index contributed by atoms with van der Waals surface area (Å²) in [4.78, 5) is 17.1. The van der Waals surface area contributed by atoms with Crippen LogP contribution in [0.4, 0.5) is 0 Å². The Morgan fingerprint density at radius 1 is 1.17 bits per heavy atom. The first-order chi connectivity index (χ1) is 11.3. The molecule has 0 bridgehead atoms. The van der Waals surface area contributed by atoms with Gasteiger partial charge in [0.1, 0.15) is 0 Å². The van der Waals surface area contributed by atoms with E-state index in [1.54, 1.807) is 11.3 Å². The van der Waals surface area contributed by atoms with E-state index in [0.29, 0.717) is 0 Å². The highest BCUT2D eigenvalue weighted by Gasteiger charge is 2.16. The zero-order valence-electron chi connectivity index (χ0n) is 13.9. The van der Waals surface area contributed by atoms with Crippen molar-refractivity contribution in [2.75, 3.05) is 39.4 Å². The number of nitrogens with zero attached hydrogens (tertiary/aromatic N) is 1. The number of aryl methyl sites for hydroxylation is 2. The van der Waals surface area contributed by atoms with Crippen LogP contribution in [-0.2, 0) is 17.6 Å². The van der Waals surface area contributed by atoms with Gasteiger partial charge in [-0.2, -0.15) is 0 Å². The van der Waals surface area contributed by atoms with E-state index < -0.39 is 0 Å². The van der Waals surface area contributed by atoms with E-state index >= 15 is 0 Å². The molecule has 1 aromatic rings. The number of carbonyl (C=O) groups excluding carboxylic acids is 1. The first kappa shape index (κ1) is 16.9. The lowest BCUT2D eigenvalue weighted by atomic mass is 10.00. The molecule has 1 aliphatic heterocycles. The molecule has 2 aliphatic rings. The molecule has 5 heteroatoms. The van der Waals surface area contributed by atoms with Gasteiger partial charge in [-0.1, -0.05) is 12.8 Å². The van der Waals surface area contributed by atoms with Gasteiger partial charge in [-0.25, -0.2) is 0 Å². The first-order valence-corrected chi connectivity index (χ1v) is 9.84. The van der Waals surface area contributed by atoms with Gasteiger partial charge in [0.2, 0.25) is 0 Å². The number of morpholine rings is 1. The van der Waals surface area contributed by atoms with Gasteiger partial charge in [-0.3, -0.25) is 9.69 Å². The van der Waals surface area contributed by atoms with E-state index in [0.717, 1.165) is 63.5 Å². The molecule has 1 amide bonds. The van der Waals surface area contributed by atoms with Gasteiger partial charge in [-0.05, 0) is 50.3 Å². The summed E-state index contributed by atoms with van der Waals surface area (Å²) in [6.07, 6.45) is 8.52. The van der Waals surface area contributed by atoms with Crippen LogP contribution in [-0.4, -0.2) is 50.2 Å². The van der Waals surface area contributed by atoms with Crippen LogP contribution in [0.25, 0.3) is 0 Å². The average Bonchev–Trinajstić information content (AvgIpc) is 2.95. The number of amides is 1. The Morgan fingerprint density at radius 2 is 1.96 bits per heavy atom. The highest BCUT2D eigenvalue weighted by atomic mass is 32.1. The Hall–Kier alpha value is -0.910. The van der Waals surface area contributed by atoms with Crippen molar-refractivity contribution in [3.63, 3.8) is 0 Å². The van der Waals surface area contributed by atoms with Crippen LogP contribution in [0.15, 0.2) is 6.07 Å². The molecule has 1 saturated heterocycles. The molecule has 0 radical (unpaired) electrons. The van der Waals surface area contributed by atoms with Gasteiger partial charge in [0.15, 0.2) is 0 Å². The smallest absolute Gasteiger partial charge is 0.261 e. The molecule has 4 nitrogen and oxygen atoms in total. The molecular weight excluding hydrogens is 308 g/mol. The quantitative estimate of drug-likeness (QED) is 0.841. The second-order valence-corrected chi connectivity index (χ2v) is 7.67. The lowest BCUT2D eigenvalue weighted by molar-refractivity contribution is 0.0374. The van der Waals surface area contributed by atoms with Crippen molar-refractivity contribution < 1.29 is 9.53 Å². The zero-order valence-corrected chi connectivity index (χ0v) is 14.8. The van der Waals surface area contributed by atoms with Crippen LogP contribution < -0.4 is 5.32 Å². The van der Waals surface area contributed by atoms with E-state index in [-0.39, 0.29) is 5.91 Å². The van der Waals surface area contributed by atoms with Gasteiger partial charge in [-0.15, -0.1) is 11.3 Å². The molecule has 2 heterocycles. The number of fused-ring (bicyclic) bond motifs is 1. The van der Waals surface area contributed by atoms with Crippen molar-refractivity contribution in [1.29, 1.82) is 0 Å². The van der Waals surface area contributed by atoms with Crippen molar-refractivity contribution in [3.05, 3.63) is 21.4 Å². The minimum atomic E-state index is 0.115. The minimum Gasteiger partial charge on any atom is -0.379 e.